The molecule has 0 radical (unpaired) electrons. The molecule has 1 fully saturated rings. The van der Waals surface area contributed by atoms with E-state index in [9.17, 15) is 20.0 Å². The molecule has 9 nitrogen and oxygen atoms in total. The number of aromatic nitrogens is 1. The highest BCUT2D eigenvalue weighted by molar-refractivity contribution is 5.82. The average Bonchev–Trinajstić information content (AvgIpc) is 3.37. The van der Waals surface area contributed by atoms with Gasteiger partial charge >= 0.3 is 0 Å². The highest BCUT2D eigenvalue weighted by atomic mass is 16.8. The van der Waals surface area contributed by atoms with E-state index in [-0.39, 0.29) is 46.2 Å². The highest BCUT2D eigenvalue weighted by Crippen LogP contribution is 2.47. The molecule has 0 spiro atoms. The molecule has 0 aliphatic carbocycles. The standard InChI is InChI=1S/C26H27N4O5/c31-24-5-1-4-22-17-11-18(15-28(22)24)25-21(26(32)27-9-8-20-3-2-10-35-20)13-16-12-19(30(33)34)6-7-23(16)29(25)14-17/h1-7,10,12,17-18,21,25,33H,8-9,11,13-15H2,(H,27,32)/q-1/t17?,18?,21-,25+/m1/s1. The number of carbonyl (C=O) groups is 1. The molecule has 6 rings (SSSR count). The Morgan fingerprint density at radius 3 is 2.89 bits per heavy atom. The number of pyridine rings is 1. The van der Waals surface area contributed by atoms with Crippen molar-refractivity contribution in [3.05, 3.63) is 87.4 Å². The molecule has 2 unspecified atom stereocenters. The number of hydrogen-bond acceptors (Lipinski definition) is 7. The first kappa shape index (κ1) is 21.9. The first-order valence-corrected chi connectivity index (χ1v) is 12.0. The Morgan fingerprint density at radius 2 is 2.09 bits per heavy atom. The zero-order valence-electron chi connectivity index (χ0n) is 19.2. The van der Waals surface area contributed by atoms with Crippen LogP contribution in [0.25, 0.3) is 0 Å². The van der Waals surface area contributed by atoms with Crippen molar-refractivity contribution in [3.8, 4) is 0 Å². The summed E-state index contributed by atoms with van der Waals surface area (Å²) < 4.78 is 7.25. The van der Waals surface area contributed by atoms with Gasteiger partial charge in [0.25, 0.3) is 5.56 Å². The van der Waals surface area contributed by atoms with E-state index in [1.165, 1.54) is 0 Å². The van der Waals surface area contributed by atoms with Crippen molar-refractivity contribution in [2.45, 2.75) is 37.8 Å². The lowest BCUT2D eigenvalue weighted by atomic mass is 9.70. The molecule has 2 bridgehead atoms. The Labute approximate surface area is 202 Å². The molecule has 1 saturated heterocycles. The zero-order valence-corrected chi connectivity index (χ0v) is 19.2. The third-order valence-electron chi connectivity index (χ3n) is 7.80. The molecule has 1 aromatic carbocycles. The Bertz CT molecular complexity index is 1300. The van der Waals surface area contributed by atoms with E-state index in [2.05, 4.69) is 10.2 Å². The molecule has 3 aromatic rings. The van der Waals surface area contributed by atoms with Crippen molar-refractivity contribution in [2.24, 2.45) is 11.8 Å². The van der Waals surface area contributed by atoms with Gasteiger partial charge in [0.1, 0.15) is 5.76 Å². The summed E-state index contributed by atoms with van der Waals surface area (Å²) in [6.07, 6.45) is 3.61. The molecular formula is C26H27N4O5-. The van der Waals surface area contributed by atoms with Crippen LogP contribution in [0.5, 0.6) is 0 Å². The second-order valence-corrected chi connectivity index (χ2v) is 9.75. The quantitative estimate of drug-likeness (QED) is 0.546. The van der Waals surface area contributed by atoms with Crippen LogP contribution in [0.4, 0.5) is 11.4 Å². The number of rotatable bonds is 5. The Hall–Kier alpha value is -3.56. The average molecular weight is 476 g/mol. The van der Waals surface area contributed by atoms with Crippen LogP contribution in [-0.4, -0.2) is 34.8 Å². The van der Waals surface area contributed by atoms with Crippen LogP contribution in [0.3, 0.4) is 0 Å². The van der Waals surface area contributed by atoms with Gasteiger partial charge in [-0.15, -0.1) is 0 Å². The molecule has 3 aliphatic rings. The largest absolute Gasteiger partial charge is 0.733 e. The summed E-state index contributed by atoms with van der Waals surface area (Å²) in [6, 6.07) is 14.2. The fourth-order valence-corrected chi connectivity index (χ4v) is 6.35. The SMILES string of the molecule is O=C(NCCc1ccco1)[C@@H]1Cc2cc(N([O-])O)ccc2N2CC3CC(Cn4c3cccc4=O)[C@@H]12. The molecule has 1 amide bonds. The molecule has 35 heavy (non-hydrogen) atoms. The topological polar surface area (TPSA) is 114 Å². The zero-order chi connectivity index (χ0) is 24.1. The minimum absolute atomic E-state index is 0.00411. The maximum Gasteiger partial charge on any atom is 0.250 e. The third kappa shape index (κ3) is 3.81. The van der Waals surface area contributed by atoms with E-state index < -0.39 is 0 Å². The summed E-state index contributed by atoms with van der Waals surface area (Å²) in [5.74, 6) is 0.744. The molecule has 2 N–H and O–H groups in total. The van der Waals surface area contributed by atoms with Crippen molar-refractivity contribution in [3.63, 3.8) is 0 Å². The van der Waals surface area contributed by atoms with Crippen LogP contribution in [0.1, 0.15) is 29.4 Å². The Morgan fingerprint density at radius 1 is 1.20 bits per heavy atom. The van der Waals surface area contributed by atoms with E-state index in [1.54, 1.807) is 24.5 Å². The number of nitrogens with one attached hydrogen (secondary N) is 1. The maximum atomic E-state index is 13.5. The normalized spacial score (nSPS) is 24.2. The summed E-state index contributed by atoms with van der Waals surface area (Å²) >= 11 is 0. The van der Waals surface area contributed by atoms with Gasteiger partial charge in [0, 0.05) is 55.5 Å². The molecule has 5 heterocycles. The number of piperidine rings is 1. The minimum Gasteiger partial charge on any atom is -0.733 e. The van der Waals surface area contributed by atoms with Gasteiger partial charge in [-0.2, -0.15) is 0 Å². The lowest BCUT2D eigenvalue weighted by molar-refractivity contribution is -0.126. The first-order valence-electron chi connectivity index (χ1n) is 12.0. The fourth-order valence-electron chi connectivity index (χ4n) is 6.35. The van der Waals surface area contributed by atoms with Gasteiger partial charge in [-0.3, -0.25) is 14.8 Å². The van der Waals surface area contributed by atoms with Crippen molar-refractivity contribution < 1.29 is 14.4 Å². The number of carbonyl (C=O) groups excluding carboxylic acids is 1. The van der Waals surface area contributed by atoms with Gasteiger partial charge in [-0.1, -0.05) is 6.07 Å². The van der Waals surface area contributed by atoms with Crippen LogP contribution in [0, 0.1) is 17.0 Å². The van der Waals surface area contributed by atoms with Crippen LogP contribution in [0.2, 0.25) is 0 Å². The second-order valence-electron chi connectivity index (χ2n) is 9.75. The number of hydrogen-bond donors (Lipinski definition) is 2. The van der Waals surface area contributed by atoms with E-state index in [0.717, 1.165) is 29.1 Å². The minimum atomic E-state index is -0.347. The van der Waals surface area contributed by atoms with Gasteiger partial charge in [-0.05, 0) is 60.7 Å². The van der Waals surface area contributed by atoms with Crippen LogP contribution < -0.4 is 21.0 Å². The molecule has 0 saturated carbocycles. The predicted octanol–water partition coefficient (Wildman–Crippen LogP) is 2.66. The molecular weight excluding hydrogens is 448 g/mol. The lowest BCUT2D eigenvalue weighted by Crippen LogP contribution is -2.61. The predicted molar refractivity (Wildman–Crippen MR) is 129 cm³/mol. The fraction of sp³-hybridized carbons (Fsp3) is 0.385. The summed E-state index contributed by atoms with van der Waals surface area (Å²) in [5, 5.41) is 23.9. The van der Waals surface area contributed by atoms with Gasteiger partial charge in [0.2, 0.25) is 5.91 Å². The molecule has 4 atom stereocenters. The lowest BCUT2D eigenvalue weighted by Gasteiger charge is -2.54. The van der Waals surface area contributed by atoms with E-state index in [1.807, 2.05) is 34.9 Å². The molecule has 182 valence electrons. The number of furan rings is 1. The van der Waals surface area contributed by atoms with E-state index in [4.69, 9.17) is 4.42 Å². The Kier molecular flexibility index (Phi) is 5.38. The number of fused-ring (bicyclic) bond motifs is 8. The number of anilines is 2. The highest BCUT2D eigenvalue weighted by Gasteiger charge is 2.49. The number of amides is 1. The van der Waals surface area contributed by atoms with Gasteiger partial charge in [-0.25, -0.2) is 0 Å². The molecule has 2 aromatic heterocycles. The summed E-state index contributed by atoms with van der Waals surface area (Å²) in [5.41, 5.74) is 3.04. The first-order chi connectivity index (χ1) is 17.0. The monoisotopic (exact) mass is 475 g/mol. The number of nitrogens with zero attached hydrogens (tertiary/aromatic N) is 3. The van der Waals surface area contributed by atoms with E-state index in [0.29, 0.717) is 32.5 Å². The van der Waals surface area contributed by atoms with Crippen molar-refractivity contribution in [2.75, 3.05) is 23.2 Å². The smallest absolute Gasteiger partial charge is 0.250 e. The van der Waals surface area contributed by atoms with Gasteiger partial charge in [0.05, 0.1) is 17.9 Å². The van der Waals surface area contributed by atoms with Crippen LogP contribution >= 0.6 is 0 Å². The summed E-state index contributed by atoms with van der Waals surface area (Å²) in [4.78, 5) is 28.4. The second kappa shape index (κ2) is 8.58. The van der Waals surface area contributed by atoms with E-state index >= 15 is 0 Å². The van der Waals surface area contributed by atoms with Crippen molar-refractivity contribution in [1.29, 1.82) is 0 Å². The molecule has 9 heteroatoms. The van der Waals surface area contributed by atoms with Crippen LogP contribution in [0.15, 0.2) is 64.0 Å². The third-order valence-corrected chi connectivity index (χ3v) is 7.80. The van der Waals surface area contributed by atoms with Gasteiger partial charge in [0.15, 0.2) is 0 Å². The maximum absolute atomic E-state index is 13.5. The van der Waals surface area contributed by atoms with Gasteiger partial charge < -0.3 is 29.6 Å². The number of benzene rings is 1. The molecule has 3 aliphatic heterocycles. The summed E-state index contributed by atoms with van der Waals surface area (Å²) in [7, 11) is 0. The van der Waals surface area contributed by atoms with Crippen molar-refractivity contribution >= 4 is 17.3 Å². The summed E-state index contributed by atoms with van der Waals surface area (Å²) in [6.45, 7) is 1.73. The van der Waals surface area contributed by atoms with Crippen molar-refractivity contribution in [1.82, 2.24) is 9.88 Å². The van der Waals surface area contributed by atoms with Crippen LogP contribution in [-0.2, 0) is 24.2 Å². The Balaban J connectivity index is 1.34.